The highest BCUT2D eigenvalue weighted by molar-refractivity contribution is 6.24. The number of piperidine rings is 1. The number of rotatable bonds is 4. The molecule has 3 heterocycles. The molecule has 0 bridgehead atoms. The maximum Gasteiger partial charge on any atom is 0.264 e. The molecule has 4 amide bonds. The highest BCUT2D eigenvalue weighted by Gasteiger charge is 2.46. The van der Waals surface area contributed by atoms with E-state index in [9.17, 15) is 28.0 Å². The van der Waals surface area contributed by atoms with E-state index < -0.39 is 41.6 Å². The molecule has 0 spiro atoms. The van der Waals surface area contributed by atoms with E-state index in [1.807, 2.05) is 0 Å². The third-order valence-electron chi connectivity index (χ3n) is 6.08. The Bertz CT molecular complexity index is 936. The van der Waals surface area contributed by atoms with Crippen molar-refractivity contribution in [3.05, 3.63) is 34.9 Å². The molecule has 1 aromatic carbocycles. The lowest BCUT2D eigenvalue weighted by Gasteiger charge is -2.30. The fourth-order valence-corrected chi connectivity index (χ4v) is 4.41. The molecule has 1 aromatic rings. The Morgan fingerprint density at radius 3 is 2.68 bits per heavy atom. The van der Waals surface area contributed by atoms with E-state index in [0.717, 1.165) is 4.90 Å². The highest BCUT2D eigenvalue weighted by atomic mass is 19.3. The second kappa shape index (κ2) is 8.43. The smallest absolute Gasteiger partial charge is 0.264 e. The van der Waals surface area contributed by atoms with Crippen LogP contribution in [0.15, 0.2) is 18.2 Å². The van der Waals surface area contributed by atoms with Crippen molar-refractivity contribution in [2.24, 2.45) is 0 Å². The number of halogens is 2. The van der Waals surface area contributed by atoms with Gasteiger partial charge in [0.2, 0.25) is 11.8 Å². The Balaban J connectivity index is 1.55. The number of fused-ring (bicyclic) bond motifs is 1. The molecule has 31 heavy (non-hydrogen) atoms. The largest absolute Gasteiger partial charge is 0.317 e. The van der Waals surface area contributed by atoms with Crippen molar-refractivity contribution in [3.63, 3.8) is 0 Å². The summed E-state index contributed by atoms with van der Waals surface area (Å²) in [6, 6.07) is 2.60. The van der Waals surface area contributed by atoms with Crippen LogP contribution in [-0.4, -0.2) is 59.6 Å². The fraction of sp³-hybridized carbons (Fsp3) is 0.524. The van der Waals surface area contributed by atoms with Gasteiger partial charge in [-0.1, -0.05) is 12.1 Å². The Labute approximate surface area is 177 Å². The number of nitrogens with one attached hydrogen (secondary N) is 3. The standard InChI is InChI=1S/C21H24F2N4O4/c22-21(23)8-10-24-9-2-5-15(21)25-11-12-3-1-4-13-17(12)20(31)27(19(13)30)14-6-7-16(28)26-18(14)29/h1,3-4,14-15,24-25H,2,5-11H2,(H,26,28,29). The van der Waals surface area contributed by atoms with Gasteiger partial charge < -0.3 is 10.6 Å². The van der Waals surface area contributed by atoms with Crippen LogP contribution in [0.25, 0.3) is 0 Å². The van der Waals surface area contributed by atoms with Crippen LogP contribution in [0.4, 0.5) is 8.78 Å². The SMILES string of the molecule is O=C1CCC(N2C(=O)c3cccc(CNC4CCCNCCC4(F)F)c3C2=O)C(=O)N1. The number of imide groups is 2. The van der Waals surface area contributed by atoms with Crippen LogP contribution in [0.5, 0.6) is 0 Å². The number of hydrogen-bond acceptors (Lipinski definition) is 6. The predicted octanol–water partition coefficient (Wildman–Crippen LogP) is 0.955. The van der Waals surface area contributed by atoms with E-state index in [-0.39, 0.29) is 49.9 Å². The minimum absolute atomic E-state index is 0.000925. The van der Waals surface area contributed by atoms with Crippen LogP contribution in [-0.2, 0) is 16.1 Å². The van der Waals surface area contributed by atoms with Crippen LogP contribution in [0.1, 0.15) is 58.4 Å². The van der Waals surface area contributed by atoms with Crippen molar-refractivity contribution >= 4 is 23.6 Å². The molecular formula is C21H24F2N4O4. The minimum atomic E-state index is -2.90. The molecular weight excluding hydrogens is 410 g/mol. The molecule has 166 valence electrons. The third-order valence-corrected chi connectivity index (χ3v) is 6.08. The van der Waals surface area contributed by atoms with E-state index in [0.29, 0.717) is 18.5 Å². The molecule has 0 aliphatic carbocycles. The van der Waals surface area contributed by atoms with E-state index in [1.165, 1.54) is 6.07 Å². The lowest BCUT2D eigenvalue weighted by atomic mass is 9.98. The molecule has 2 saturated heterocycles. The number of nitrogens with zero attached hydrogens (tertiary/aromatic N) is 1. The Morgan fingerprint density at radius 1 is 1.10 bits per heavy atom. The Morgan fingerprint density at radius 2 is 1.90 bits per heavy atom. The van der Waals surface area contributed by atoms with Gasteiger partial charge in [-0.25, -0.2) is 8.78 Å². The number of benzene rings is 1. The molecule has 8 nitrogen and oxygen atoms in total. The molecule has 2 fully saturated rings. The maximum atomic E-state index is 14.5. The predicted molar refractivity (Wildman–Crippen MR) is 105 cm³/mol. The zero-order valence-electron chi connectivity index (χ0n) is 16.9. The summed E-state index contributed by atoms with van der Waals surface area (Å²) in [7, 11) is 0. The van der Waals surface area contributed by atoms with E-state index >= 15 is 0 Å². The second-order valence-corrected chi connectivity index (χ2v) is 8.12. The van der Waals surface area contributed by atoms with Crippen molar-refractivity contribution in [2.45, 2.75) is 56.7 Å². The third kappa shape index (κ3) is 4.09. The molecule has 2 atom stereocenters. The first kappa shape index (κ1) is 21.5. The molecule has 3 N–H and O–H groups in total. The molecule has 0 aromatic heterocycles. The first-order valence-electron chi connectivity index (χ1n) is 10.4. The summed E-state index contributed by atoms with van der Waals surface area (Å²) in [5, 5.41) is 8.01. The normalized spacial score (nSPS) is 26.3. The number of hydrogen-bond donors (Lipinski definition) is 3. The quantitative estimate of drug-likeness (QED) is 0.610. The molecule has 2 unspecified atom stereocenters. The zero-order valence-corrected chi connectivity index (χ0v) is 16.9. The molecule has 10 heteroatoms. The molecule has 0 saturated carbocycles. The lowest BCUT2D eigenvalue weighted by Crippen LogP contribution is -2.54. The summed E-state index contributed by atoms with van der Waals surface area (Å²) >= 11 is 0. The molecule has 4 rings (SSSR count). The summed E-state index contributed by atoms with van der Waals surface area (Å²) < 4.78 is 29.0. The van der Waals surface area contributed by atoms with Crippen molar-refractivity contribution < 1.29 is 28.0 Å². The monoisotopic (exact) mass is 434 g/mol. The summed E-state index contributed by atoms with van der Waals surface area (Å²) in [4.78, 5) is 50.5. The van der Waals surface area contributed by atoms with Gasteiger partial charge in [0.15, 0.2) is 0 Å². The van der Waals surface area contributed by atoms with Gasteiger partial charge in [-0.3, -0.25) is 29.4 Å². The average Bonchev–Trinajstić information content (AvgIpc) is 2.96. The van der Waals surface area contributed by atoms with Gasteiger partial charge in [-0.05, 0) is 37.4 Å². The van der Waals surface area contributed by atoms with Crippen LogP contribution in [0.2, 0.25) is 0 Å². The number of carbonyl (C=O) groups is 4. The number of amides is 4. The van der Waals surface area contributed by atoms with Gasteiger partial charge in [-0.15, -0.1) is 0 Å². The topological polar surface area (TPSA) is 108 Å². The van der Waals surface area contributed by atoms with Crippen LogP contribution >= 0.6 is 0 Å². The second-order valence-electron chi connectivity index (χ2n) is 8.12. The van der Waals surface area contributed by atoms with Crippen molar-refractivity contribution in [1.29, 1.82) is 0 Å². The van der Waals surface area contributed by atoms with Crippen molar-refractivity contribution in [3.8, 4) is 0 Å². The average molecular weight is 434 g/mol. The number of carbonyl (C=O) groups excluding carboxylic acids is 4. The maximum absolute atomic E-state index is 14.5. The van der Waals surface area contributed by atoms with Crippen LogP contribution in [0, 0.1) is 0 Å². The van der Waals surface area contributed by atoms with Crippen LogP contribution < -0.4 is 16.0 Å². The minimum Gasteiger partial charge on any atom is -0.317 e. The summed E-state index contributed by atoms with van der Waals surface area (Å²) in [6.45, 7) is 0.905. The molecule has 3 aliphatic rings. The summed E-state index contributed by atoms with van der Waals surface area (Å²) in [5.74, 6) is -5.28. The van der Waals surface area contributed by atoms with Gasteiger partial charge in [0, 0.05) is 25.9 Å². The van der Waals surface area contributed by atoms with Gasteiger partial charge >= 0.3 is 0 Å². The van der Waals surface area contributed by atoms with E-state index in [4.69, 9.17) is 0 Å². The van der Waals surface area contributed by atoms with E-state index in [2.05, 4.69) is 16.0 Å². The van der Waals surface area contributed by atoms with Crippen LogP contribution in [0.3, 0.4) is 0 Å². The first-order valence-corrected chi connectivity index (χ1v) is 10.4. The van der Waals surface area contributed by atoms with E-state index in [1.54, 1.807) is 12.1 Å². The lowest BCUT2D eigenvalue weighted by molar-refractivity contribution is -0.136. The Hall–Kier alpha value is -2.72. The van der Waals surface area contributed by atoms with Gasteiger partial charge in [0.25, 0.3) is 17.7 Å². The fourth-order valence-electron chi connectivity index (χ4n) is 4.41. The molecule has 0 radical (unpaired) electrons. The molecule has 3 aliphatic heterocycles. The van der Waals surface area contributed by atoms with Gasteiger partial charge in [0.1, 0.15) is 6.04 Å². The highest BCUT2D eigenvalue weighted by Crippen LogP contribution is 2.31. The first-order chi connectivity index (χ1) is 14.8. The van der Waals surface area contributed by atoms with Gasteiger partial charge in [-0.2, -0.15) is 0 Å². The van der Waals surface area contributed by atoms with Crippen molar-refractivity contribution in [1.82, 2.24) is 20.9 Å². The Kier molecular flexibility index (Phi) is 5.85. The summed E-state index contributed by atoms with van der Waals surface area (Å²) in [5.41, 5.74) is 0.699. The van der Waals surface area contributed by atoms with Gasteiger partial charge in [0.05, 0.1) is 17.2 Å². The van der Waals surface area contributed by atoms with Crippen molar-refractivity contribution in [2.75, 3.05) is 13.1 Å². The zero-order chi connectivity index (χ0) is 22.2. The number of alkyl halides is 2. The summed E-state index contributed by atoms with van der Waals surface area (Å²) in [6.07, 6.45) is 0.694.